The van der Waals surface area contributed by atoms with E-state index in [2.05, 4.69) is 16.0 Å². The normalized spacial score (nSPS) is 17.2. The van der Waals surface area contributed by atoms with E-state index < -0.39 is 6.04 Å². The summed E-state index contributed by atoms with van der Waals surface area (Å²) in [4.78, 5) is 40.3. The Labute approximate surface area is 255 Å². The lowest BCUT2D eigenvalue weighted by Gasteiger charge is -2.37. The van der Waals surface area contributed by atoms with Crippen molar-refractivity contribution in [2.24, 2.45) is 0 Å². The SMILES string of the molecule is CNC(=O)CC(NC(=O)c1ccc(C2CC(OC)CN(C(=O)Nc3cc(Cl)ccc3OC)C2)cc1)c1cccc(Cl)c1. The number of hydrogen-bond donors (Lipinski definition) is 3. The molecule has 1 saturated heterocycles. The second-order valence-electron chi connectivity index (χ2n) is 10.1. The number of hydrogen-bond acceptors (Lipinski definition) is 5. The number of urea groups is 1. The fourth-order valence-electron chi connectivity index (χ4n) is 5.01. The maximum atomic E-state index is 13.2. The third-order valence-corrected chi connectivity index (χ3v) is 7.78. The number of amides is 4. The first kappa shape index (κ1) is 31.2. The molecule has 3 atom stereocenters. The van der Waals surface area contributed by atoms with E-state index in [1.165, 1.54) is 7.11 Å². The second kappa shape index (κ2) is 14.4. The molecule has 222 valence electrons. The van der Waals surface area contributed by atoms with Crippen molar-refractivity contribution in [2.45, 2.75) is 30.9 Å². The fraction of sp³-hybridized carbons (Fsp3) is 0.323. The van der Waals surface area contributed by atoms with Crippen molar-refractivity contribution in [3.63, 3.8) is 0 Å². The molecule has 9 nitrogen and oxygen atoms in total. The molecule has 4 rings (SSSR count). The average molecular weight is 614 g/mol. The Morgan fingerprint density at radius 3 is 2.38 bits per heavy atom. The van der Waals surface area contributed by atoms with Crippen molar-refractivity contribution in [3.8, 4) is 5.75 Å². The summed E-state index contributed by atoms with van der Waals surface area (Å²) >= 11 is 12.3. The van der Waals surface area contributed by atoms with E-state index in [9.17, 15) is 14.4 Å². The van der Waals surface area contributed by atoms with Crippen molar-refractivity contribution in [1.82, 2.24) is 15.5 Å². The quantitative estimate of drug-likeness (QED) is 0.289. The monoisotopic (exact) mass is 612 g/mol. The molecule has 3 unspecified atom stereocenters. The van der Waals surface area contributed by atoms with Crippen molar-refractivity contribution in [3.05, 3.63) is 93.5 Å². The molecule has 3 aromatic rings. The Morgan fingerprint density at radius 1 is 0.976 bits per heavy atom. The number of piperidine rings is 1. The third-order valence-electron chi connectivity index (χ3n) is 7.30. The van der Waals surface area contributed by atoms with Crippen LogP contribution in [0.15, 0.2) is 66.7 Å². The molecule has 0 spiro atoms. The van der Waals surface area contributed by atoms with E-state index in [0.29, 0.717) is 40.1 Å². The molecule has 0 radical (unpaired) electrons. The van der Waals surface area contributed by atoms with E-state index >= 15 is 0 Å². The molecule has 0 saturated carbocycles. The number of anilines is 1. The van der Waals surface area contributed by atoms with E-state index in [1.54, 1.807) is 67.6 Å². The molecule has 3 N–H and O–H groups in total. The topological polar surface area (TPSA) is 109 Å². The van der Waals surface area contributed by atoms with Gasteiger partial charge in [-0.15, -0.1) is 0 Å². The van der Waals surface area contributed by atoms with E-state index in [4.69, 9.17) is 32.7 Å². The van der Waals surface area contributed by atoms with Gasteiger partial charge in [-0.25, -0.2) is 4.79 Å². The predicted molar refractivity (Wildman–Crippen MR) is 164 cm³/mol. The summed E-state index contributed by atoms with van der Waals surface area (Å²) in [6.45, 7) is 0.890. The molecule has 0 aromatic heterocycles. The first-order chi connectivity index (χ1) is 20.2. The highest BCUT2D eigenvalue weighted by Crippen LogP contribution is 2.31. The van der Waals surface area contributed by atoms with Crippen LogP contribution in [0.3, 0.4) is 0 Å². The van der Waals surface area contributed by atoms with Gasteiger partial charge in [0.25, 0.3) is 5.91 Å². The Hall–Kier alpha value is -3.79. The van der Waals surface area contributed by atoms with Crippen molar-refractivity contribution in [2.75, 3.05) is 39.7 Å². The van der Waals surface area contributed by atoms with Crippen LogP contribution in [-0.4, -0.2) is 63.2 Å². The molecular weight excluding hydrogens is 579 g/mol. The van der Waals surface area contributed by atoms with Crippen LogP contribution in [0, 0.1) is 0 Å². The standard InChI is InChI=1S/C31H34Cl2N4O5/c1-34-29(38)16-26(21-5-4-6-23(32)13-21)35-30(39)20-9-7-19(8-10-20)22-14-25(41-2)18-37(17-22)31(40)36-27-15-24(33)11-12-28(27)42-3/h4-13,15,22,25-26H,14,16-18H2,1-3H3,(H,34,38)(H,35,39)(H,36,40). The van der Waals surface area contributed by atoms with Crippen molar-refractivity contribution < 1.29 is 23.9 Å². The number of carbonyl (C=O) groups excluding carboxylic acids is 3. The Kier molecular flexibility index (Phi) is 10.7. The Balaban J connectivity index is 1.46. The van der Waals surface area contributed by atoms with Crippen LogP contribution in [0.1, 0.15) is 46.3 Å². The van der Waals surface area contributed by atoms with Crippen LogP contribution < -0.4 is 20.7 Å². The molecule has 1 fully saturated rings. The van der Waals surface area contributed by atoms with Crippen molar-refractivity contribution >= 4 is 46.7 Å². The largest absolute Gasteiger partial charge is 0.495 e. The van der Waals surface area contributed by atoms with Crippen molar-refractivity contribution in [1.29, 1.82) is 0 Å². The number of rotatable bonds is 9. The smallest absolute Gasteiger partial charge is 0.322 e. The van der Waals surface area contributed by atoms with Gasteiger partial charge < -0.3 is 30.3 Å². The summed E-state index contributed by atoms with van der Waals surface area (Å²) in [6, 6.07) is 18.5. The number of nitrogens with one attached hydrogen (secondary N) is 3. The van der Waals surface area contributed by atoms with Crippen LogP contribution in [0.25, 0.3) is 0 Å². The highest BCUT2D eigenvalue weighted by atomic mass is 35.5. The number of benzene rings is 3. The number of halogens is 2. The van der Waals surface area contributed by atoms with Gasteiger partial charge in [0.15, 0.2) is 0 Å². The minimum absolute atomic E-state index is 0.0136. The number of likely N-dealkylation sites (tertiary alicyclic amines) is 1. The Bertz CT molecular complexity index is 1420. The molecule has 0 aliphatic carbocycles. The van der Waals surface area contributed by atoms with Gasteiger partial charge in [-0.05, 0) is 60.0 Å². The van der Waals surface area contributed by atoms with Gasteiger partial charge in [-0.1, -0.05) is 47.5 Å². The lowest BCUT2D eigenvalue weighted by Crippen LogP contribution is -2.47. The van der Waals surface area contributed by atoms with Crippen LogP contribution >= 0.6 is 23.2 Å². The van der Waals surface area contributed by atoms with Gasteiger partial charge in [-0.3, -0.25) is 9.59 Å². The number of carbonyl (C=O) groups is 3. The molecular formula is C31H34Cl2N4O5. The minimum atomic E-state index is -0.554. The summed E-state index contributed by atoms with van der Waals surface area (Å²) in [5, 5.41) is 9.45. The van der Waals surface area contributed by atoms with Gasteiger partial charge in [-0.2, -0.15) is 0 Å². The molecule has 1 aliphatic heterocycles. The average Bonchev–Trinajstić information content (AvgIpc) is 3.00. The summed E-state index contributed by atoms with van der Waals surface area (Å²) in [7, 11) is 4.71. The van der Waals surface area contributed by atoms with Gasteiger partial charge in [0.2, 0.25) is 5.91 Å². The van der Waals surface area contributed by atoms with Gasteiger partial charge in [0.1, 0.15) is 5.75 Å². The van der Waals surface area contributed by atoms with Crippen LogP contribution in [-0.2, 0) is 9.53 Å². The van der Waals surface area contributed by atoms with Crippen LogP contribution in [0.4, 0.5) is 10.5 Å². The lowest BCUT2D eigenvalue weighted by atomic mass is 9.88. The van der Waals surface area contributed by atoms with Gasteiger partial charge >= 0.3 is 6.03 Å². The maximum Gasteiger partial charge on any atom is 0.322 e. The van der Waals surface area contributed by atoms with Crippen LogP contribution in [0.2, 0.25) is 10.0 Å². The zero-order valence-corrected chi connectivity index (χ0v) is 25.2. The second-order valence-corrected chi connectivity index (χ2v) is 10.9. The number of ether oxygens (including phenoxy) is 2. The molecule has 1 aliphatic rings. The first-order valence-corrected chi connectivity index (χ1v) is 14.3. The first-order valence-electron chi connectivity index (χ1n) is 13.5. The molecule has 0 bridgehead atoms. The molecule has 42 heavy (non-hydrogen) atoms. The molecule has 1 heterocycles. The zero-order valence-electron chi connectivity index (χ0n) is 23.7. The van der Waals surface area contributed by atoms with Gasteiger partial charge in [0.05, 0.1) is 31.4 Å². The van der Waals surface area contributed by atoms with E-state index in [-0.39, 0.29) is 36.3 Å². The van der Waals surface area contributed by atoms with Gasteiger partial charge in [0, 0.05) is 48.8 Å². The Morgan fingerprint density at radius 2 is 1.71 bits per heavy atom. The third kappa shape index (κ3) is 7.94. The molecule has 11 heteroatoms. The lowest BCUT2D eigenvalue weighted by molar-refractivity contribution is -0.121. The fourth-order valence-corrected chi connectivity index (χ4v) is 5.39. The summed E-state index contributed by atoms with van der Waals surface area (Å²) in [6.07, 6.45) is 0.622. The highest BCUT2D eigenvalue weighted by molar-refractivity contribution is 6.31. The summed E-state index contributed by atoms with van der Waals surface area (Å²) in [5.41, 5.74) is 2.64. The number of nitrogens with zero attached hydrogens (tertiary/aromatic N) is 1. The number of methoxy groups -OCH3 is 2. The summed E-state index contributed by atoms with van der Waals surface area (Å²) < 4.78 is 11.0. The maximum absolute atomic E-state index is 13.2. The van der Waals surface area contributed by atoms with E-state index in [0.717, 1.165) is 17.5 Å². The van der Waals surface area contributed by atoms with Crippen LogP contribution in [0.5, 0.6) is 5.75 Å². The highest BCUT2D eigenvalue weighted by Gasteiger charge is 2.31. The molecule has 4 amide bonds. The predicted octanol–water partition coefficient (Wildman–Crippen LogP) is 5.65. The van der Waals surface area contributed by atoms with E-state index in [1.807, 2.05) is 18.2 Å². The zero-order chi connectivity index (χ0) is 30.2. The minimum Gasteiger partial charge on any atom is -0.495 e. The summed E-state index contributed by atoms with van der Waals surface area (Å²) in [5.74, 6) is -0.0278. The molecule has 3 aromatic carbocycles.